The zero-order valence-corrected chi connectivity index (χ0v) is 21.1. The average molecular weight is 516 g/mol. The van der Waals surface area contributed by atoms with E-state index in [4.69, 9.17) is 0 Å². The molecule has 0 saturated carbocycles. The molecule has 3 N–H and O–H groups in total. The van der Waals surface area contributed by atoms with E-state index in [1.807, 2.05) is 6.07 Å². The number of anilines is 3. The van der Waals surface area contributed by atoms with E-state index in [0.29, 0.717) is 24.4 Å². The lowest BCUT2D eigenvalue weighted by atomic mass is 9.86. The van der Waals surface area contributed by atoms with Gasteiger partial charge in [-0.25, -0.2) is 0 Å². The predicted molar refractivity (Wildman–Crippen MR) is 139 cm³/mol. The van der Waals surface area contributed by atoms with E-state index < -0.39 is 29.7 Å². The molecular weight excluding hydrogens is 486 g/mol. The number of carbonyl (C=O) groups is 5. The Labute approximate surface area is 219 Å². The first kappa shape index (κ1) is 24.3. The van der Waals surface area contributed by atoms with Crippen molar-refractivity contribution in [3.63, 3.8) is 0 Å². The van der Waals surface area contributed by atoms with Gasteiger partial charge in [-0.05, 0) is 74.0 Å². The van der Waals surface area contributed by atoms with Gasteiger partial charge in [0.15, 0.2) is 0 Å². The summed E-state index contributed by atoms with van der Waals surface area (Å²) in [4.78, 5) is 66.1. The zero-order chi connectivity index (χ0) is 26.6. The fourth-order valence-electron chi connectivity index (χ4n) is 6.05. The first-order valence-electron chi connectivity index (χ1n) is 13.1. The van der Waals surface area contributed by atoms with Crippen LogP contribution in [-0.2, 0) is 20.8 Å². The van der Waals surface area contributed by atoms with Crippen LogP contribution in [0.5, 0.6) is 0 Å². The van der Waals surface area contributed by atoms with Crippen LogP contribution in [0.2, 0.25) is 0 Å². The lowest BCUT2D eigenvalue weighted by Gasteiger charge is -2.31. The minimum atomic E-state index is -1.03. The molecule has 2 aromatic rings. The van der Waals surface area contributed by atoms with Crippen molar-refractivity contribution >= 4 is 46.6 Å². The van der Waals surface area contributed by atoms with E-state index >= 15 is 0 Å². The van der Waals surface area contributed by atoms with Crippen molar-refractivity contribution in [1.82, 2.24) is 15.5 Å². The molecule has 5 amide bonds. The highest BCUT2D eigenvalue weighted by Crippen LogP contribution is 2.41. The molecule has 196 valence electrons. The number of carbonyl (C=O) groups excluding carboxylic acids is 5. The van der Waals surface area contributed by atoms with Crippen molar-refractivity contribution in [1.29, 1.82) is 0 Å². The Morgan fingerprint density at radius 1 is 0.895 bits per heavy atom. The molecule has 4 heterocycles. The van der Waals surface area contributed by atoms with Crippen LogP contribution < -0.4 is 20.9 Å². The zero-order valence-electron chi connectivity index (χ0n) is 21.1. The standard InChI is InChI=1S/C28H29N5O5/c1-32-22-14-20(18(15-9-11-29-12-10-15)13-16(22)5-8-24(32)35)30-19-4-2-3-17-25(19)28(38)33(27(17)37)21-6-7-23(34)31-26(21)36/h2-4,13-15,21,29-30H,5-12H2,1H3,(H,31,34,36). The number of rotatable bonds is 4. The highest BCUT2D eigenvalue weighted by atomic mass is 16.2. The molecule has 0 bridgehead atoms. The van der Waals surface area contributed by atoms with Crippen LogP contribution in [0.1, 0.15) is 69.9 Å². The summed E-state index contributed by atoms with van der Waals surface area (Å²) in [5.74, 6) is -1.79. The van der Waals surface area contributed by atoms with Gasteiger partial charge in [-0.3, -0.25) is 34.2 Å². The topological polar surface area (TPSA) is 128 Å². The van der Waals surface area contributed by atoms with Crippen LogP contribution in [-0.4, -0.2) is 60.6 Å². The Kier molecular flexibility index (Phi) is 5.98. The van der Waals surface area contributed by atoms with Gasteiger partial charge in [0, 0.05) is 31.3 Å². The maximum Gasteiger partial charge on any atom is 0.264 e. The average Bonchev–Trinajstić information content (AvgIpc) is 3.17. The summed E-state index contributed by atoms with van der Waals surface area (Å²) in [6.45, 7) is 1.82. The molecule has 10 nitrogen and oxygen atoms in total. The van der Waals surface area contributed by atoms with Gasteiger partial charge in [0.1, 0.15) is 6.04 Å². The summed E-state index contributed by atoms with van der Waals surface area (Å²) in [7, 11) is 1.77. The van der Waals surface area contributed by atoms with Crippen molar-refractivity contribution < 1.29 is 24.0 Å². The fraction of sp³-hybridized carbons (Fsp3) is 0.393. The number of piperidine rings is 2. The number of imide groups is 2. The van der Waals surface area contributed by atoms with Gasteiger partial charge in [-0.1, -0.05) is 12.1 Å². The van der Waals surface area contributed by atoms with Crippen LogP contribution in [0.25, 0.3) is 0 Å². The second-order valence-electron chi connectivity index (χ2n) is 10.3. The molecule has 4 aliphatic rings. The second kappa shape index (κ2) is 9.36. The number of benzene rings is 2. The predicted octanol–water partition coefficient (Wildman–Crippen LogP) is 2.21. The maximum atomic E-state index is 13.6. The van der Waals surface area contributed by atoms with Gasteiger partial charge in [0.05, 0.1) is 16.8 Å². The molecule has 0 radical (unpaired) electrons. The van der Waals surface area contributed by atoms with Crippen molar-refractivity contribution in [3.05, 3.63) is 52.6 Å². The monoisotopic (exact) mass is 515 g/mol. The molecule has 4 aliphatic heterocycles. The molecule has 6 rings (SSSR count). The number of fused-ring (bicyclic) bond motifs is 2. The lowest BCUT2D eigenvalue weighted by molar-refractivity contribution is -0.136. The van der Waals surface area contributed by atoms with Crippen molar-refractivity contribution in [3.8, 4) is 0 Å². The smallest absolute Gasteiger partial charge is 0.264 e. The van der Waals surface area contributed by atoms with Gasteiger partial charge >= 0.3 is 0 Å². The van der Waals surface area contributed by atoms with E-state index in [9.17, 15) is 24.0 Å². The number of hydrogen-bond donors (Lipinski definition) is 3. The Balaban J connectivity index is 1.39. The Bertz CT molecular complexity index is 1400. The van der Waals surface area contributed by atoms with Crippen molar-refractivity contribution in [2.24, 2.45) is 0 Å². The summed E-state index contributed by atoms with van der Waals surface area (Å²) in [5.41, 5.74) is 4.78. The van der Waals surface area contributed by atoms with Gasteiger partial charge in [0.25, 0.3) is 11.8 Å². The summed E-state index contributed by atoms with van der Waals surface area (Å²) >= 11 is 0. The van der Waals surface area contributed by atoms with Gasteiger partial charge in [-0.2, -0.15) is 0 Å². The number of nitrogens with one attached hydrogen (secondary N) is 3. The third-order valence-electron chi connectivity index (χ3n) is 8.11. The molecule has 10 heteroatoms. The molecule has 2 fully saturated rings. The molecule has 2 saturated heterocycles. The summed E-state index contributed by atoms with van der Waals surface area (Å²) in [6.07, 6.45) is 3.26. The van der Waals surface area contributed by atoms with Gasteiger partial charge in [-0.15, -0.1) is 0 Å². The Hall–Kier alpha value is -4.05. The quantitative estimate of drug-likeness (QED) is 0.533. The largest absolute Gasteiger partial charge is 0.355 e. The minimum Gasteiger partial charge on any atom is -0.355 e. The van der Waals surface area contributed by atoms with Crippen LogP contribution in [0, 0.1) is 0 Å². The second-order valence-corrected chi connectivity index (χ2v) is 10.3. The number of hydrogen-bond acceptors (Lipinski definition) is 7. The fourth-order valence-corrected chi connectivity index (χ4v) is 6.05. The van der Waals surface area contributed by atoms with E-state index in [2.05, 4.69) is 22.0 Å². The molecule has 0 aliphatic carbocycles. The summed E-state index contributed by atoms with van der Waals surface area (Å²) < 4.78 is 0. The molecule has 0 spiro atoms. The highest BCUT2D eigenvalue weighted by Gasteiger charge is 2.45. The highest BCUT2D eigenvalue weighted by molar-refractivity contribution is 6.25. The number of aryl methyl sites for hydroxylation is 1. The van der Waals surface area contributed by atoms with E-state index in [1.54, 1.807) is 30.1 Å². The molecule has 0 aromatic heterocycles. The third-order valence-corrected chi connectivity index (χ3v) is 8.11. The molecule has 1 atom stereocenters. The van der Waals surface area contributed by atoms with Crippen molar-refractivity contribution in [2.45, 2.75) is 50.5 Å². The van der Waals surface area contributed by atoms with Gasteiger partial charge < -0.3 is 15.5 Å². The number of amides is 5. The van der Waals surface area contributed by atoms with E-state index in [0.717, 1.165) is 53.3 Å². The molecule has 38 heavy (non-hydrogen) atoms. The SMILES string of the molecule is CN1C(=O)CCc2cc(C3CCNCC3)c(Nc3cccc4c3C(=O)N(C3CCC(=O)NC3=O)C4=O)cc21. The number of nitrogens with zero attached hydrogens (tertiary/aromatic N) is 2. The summed E-state index contributed by atoms with van der Waals surface area (Å²) in [5, 5.41) is 9.07. The first-order valence-corrected chi connectivity index (χ1v) is 13.1. The van der Waals surface area contributed by atoms with Crippen LogP contribution in [0.3, 0.4) is 0 Å². The molecule has 2 aromatic carbocycles. The Morgan fingerprint density at radius 3 is 2.45 bits per heavy atom. The third kappa shape index (κ3) is 3.96. The normalized spacial score (nSPS) is 21.9. The molecule has 1 unspecified atom stereocenters. The van der Waals surface area contributed by atoms with Crippen LogP contribution in [0.15, 0.2) is 30.3 Å². The van der Waals surface area contributed by atoms with E-state index in [1.165, 1.54) is 0 Å². The van der Waals surface area contributed by atoms with Crippen molar-refractivity contribution in [2.75, 3.05) is 30.4 Å². The lowest BCUT2D eigenvalue weighted by Crippen LogP contribution is -2.54. The Morgan fingerprint density at radius 2 is 1.68 bits per heavy atom. The maximum absolute atomic E-state index is 13.6. The van der Waals surface area contributed by atoms with Gasteiger partial charge in [0.2, 0.25) is 17.7 Å². The van der Waals surface area contributed by atoms with Crippen LogP contribution in [0.4, 0.5) is 17.1 Å². The summed E-state index contributed by atoms with van der Waals surface area (Å²) in [6, 6.07) is 8.17. The van der Waals surface area contributed by atoms with Crippen LogP contribution >= 0.6 is 0 Å². The minimum absolute atomic E-state index is 0.0549. The first-order chi connectivity index (χ1) is 18.3. The molecular formula is C28H29N5O5. The van der Waals surface area contributed by atoms with E-state index in [-0.39, 0.29) is 29.9 Å².